The van der Waals surface area contributed by atoms with Crippen molar-refractivity contribution in [2.45, 2.75) is 77.5 Å². The molecule has 0 heterocycles. The average molecular weight is 427 g/mol. The molecule has 1 rings (SSSR count). The molecule has 0 saturated heterocycles. The van der Waals surface area contributed by atoms with Gasteiger partial charge in [-0.15, -0.1) is 11.6 Å². The number of alkyl halides is 1. The summed E-state index contributed by atoms with van der Waals surface area (Å²) in [4.78, 5) is 36.8. The third kappa shape index (κ3) is 10.7. The highest BCUT2D eigenvalue weighted by Gasteiger charge is 2.29. The van der Waals surface area contributed by atoms with Crippen molar-refractivity contribution in [3.8, 4) is 0 Å². The molecule has 8 heteroatoms. The van der Waals surface area contributed by atoms with E-state index in [1.165, 1.54) is 0 Å². The third-order valence-electron chi connectivity index (χ3n) is 3.43. The van der Waals surface area contributed by atoms with Crippen LogP contribution in [0.3, 0.4) is 0 Å². The molecule has 1 atom stereocenters. The summed E-state index contributed by atoms with van der Waals surface area (Å²) in [6.07, 6.45) is -0.665. The van der Waals surface area contributed by atoms with Gasteiger partial charge in [0, 0.05) is 18.0 Å². The molecule has 0 aliphatic carbocycles. The van der Waals surface area contributed by atoms with Crippen molar-refractivity contribution >= 4 is 35.3 Å². The topological polar surface area (TPSA) is 93.7 Å². The van der Waals surface area contributed by atoms with Gasteiger partial charge in [-0.1, -0.05) is 12.1 Å². The van der Waals surface area contributed by atoms with Crippen LogP contribution >= 0.6 is 11.6 Å². The standard InChI is InChI=1S/C21H31ClN2O5/c1-20(2,3)28-18(26)16(24-19(27)29-21(4,5)6)11-12-17(25)23-15-9-7-14(13-22)8-10-15/h7-10,16H,11-13H2,1-6H3,(H,23,25)(H,24,27)/t16-/m0/s1. The highest BCUT2D eigenvalue weighted by molar-refractivity contribution is 6.17. The summed E-state index contributed by atoms with van der Waals surface area (Å²) in [6, 6.07) is 6.13. The lowest BCUT2D eigenvalue weighted by atomic mass is 10.1. The number of carbonyl (C=O) groups excluding carboxylic acids is 3. The second kappa shape index (κ2) is 10.5. The monoisotopic (exact) mass is 426 g/mol. The van der Waals surface area contributed by atoms with Gasteiger partial charge >= 0.3 is 12.1 Å². The van der Waals surface area contributed by atoms with Crippen LogP contribution in [0, 0.1) is 0 Å². The lowest BCUT2D eigenvalue weighted by Crippen LogP contribution is -2.46. The molecule has 0 spiro atoms. The number of hydrogen-bond acceptors (Lipinski definition) is 5. The minimum Gasteiger partial charge on any atom is -0.458 e. The van der Waals surface area contributed by atoms with Gasteiger partial charge in [0.2, 0.25) is 5.91 Å². The minimum atomic E-state index is -1.01. The summed E-state index contributed by atoms with van der Waals surface area (Å²) in [5, 5.41) is 5.25. The Morgan fingerprint density at radius 1 is 0.966 bits per heavy atom. The maximum absolute atomic E-state index is 12.5. The molecule has 0 aromatic heterocycles. The Balaban J connectivity index is 2.72. The first-order valence-electron chi connectivity index (χ1n) is 9.46. The van der Waals surface area contributed by atoms with E-state index in [2.05, 4.69) is 10.6 Å². The molecule has 0 aliphatic heterocycles. The number of anilines is 1. The molecule has 7 nitrogen and oxygen atoms in total. The van der Waals surface area contributed by atoms with Crippen LogP contribution in [-0.4, -0.2) is 35.2 Å². The number of alkyl carbamates (subject to hydrolysis) is 1. The predicted octanol–water partition coefficient (Wildman–Crippen LogP) is 4.38. The summed E-state index contributed by atoms with van der Waals surface area (Å²) < 4.78 is 10.6. The Labute approximate surface area is 177 Å². The number of amides is 2. The van der Waals surface area contributed by atoms with Crippen LogP contribution in [0.2, 0.25) is 0 Å². The molecule has 0 aliphatic rings. The van der Waals surface area contributed by atoms with Gasteiger partial charge in [0.1, 0.15) is 17.2 Å². The normalized spacial score (nSPS) is 12.7. The number of benzene rings is 1. The molecule has 29 heavy (non-hydrogen) atoms. The van der Waals surface area contributed by atoms with E-state index in [9.17, 15) is 14.4 Å². The predicted molar refractivity (Wildman–Crippen MR) is 113 cm³/mol. The quantitative estimate of drug-likeness (QED) is 0.498. The fourth-order valence-corrected chi connectivity index (χ4v) is 2.43. The van der Waals surface area contributed by atoms with Gasteiger partial charge in [0.05, 0.1) is 0 Å². The SMILES string of the molecule is CC(C)(C)OC(=O)N[C@@H](CCC(=O)Nc1ccc(CCl)cc1)C(=O)OC(C)(C)C. The zero-order chi connectivity index (χ0) is 22.2. The highest BCUT2D eigenvalue weighted by atomic mass is 35.5. The first-order chi connectivity index (χ1) is 13.3. The molecular formula is C21H31ClN2O5. The Kier molecular flexibility index (Phi) is 8.95. The van der Waals surface area contributed by atoms with E-state index in [-0.39, 0.29) is 18.7 Å². The zero-order valence-electron chi connectivity index (χ0n) is 17.9. The second-order valence-electron chi connectivity index (χ2n) is 8.65. The van der Waals surface area contributed by atoms with Crippen molar-refractivity contribution in [1.29, 1.82) is 0 Å². The molecule has 1 aromatic carbocycles. The zero-order valence-corrected chi connectivity index (χ0v) is 18.7. The van der Waals surface area contributed by atoms with Crippen molar-refractivity contribution in [2.75, 3.05) is 5.32 Å². The van der Waals surface area contributed by atoms with Crippen molar-refractivity contribution in [1.82, 2.24) is 5.32 Å². The summed E-state index contributed by atoms with van der Waals surface area (Å²) >= 11 is 5.75. The molecule has 0 radical (unpaired) electrons. The van der Waals surface area contributed by atoms with Crippen LogP contribution in [0.4, 0.5) is 10.5 Å². The molecule has 0 fully saturated rings. The van der Waals surface area contributed by atoms with Gasteiger partial charge < -0.3 is 20.1 Å². The number of halogens is 1. The van der Waals surface area contributed by atoms with Crippen LogP contribution in [-0.2, 0) is 24.9 Å². The summed E-state index contributed by atoms with van der Waals surface area (Å²) in [5.74, 6) is -0.520. The molecule has 0 unspecified atom stereocenters. The number of hydrogen-bond donors (Lipinski definition) is 2. The average Bonchev–Trinajstić information content (AvgIpc) is 2.56. The highest BCUT2D eigenvalue weighted by Crippen LogP contribution is 2.14. The van der Waals surface area contributed by atoms with Crippen molar-refractivity contribution in [3.63, 3.8) is 0 Å². The van der Waals surface area contributed by atoms with E-state index in [1.54, 1.807) is 53.7 Å². The van der Waals surface area contributed by atoms with Crippen LogP contribution in [0.1, 0.15) is 59.9 Å². The first kappa shape index (κ1) is 24.8. The second-order valence-corrected chi connectivity index (χ2v) is 8.92. The van der Waals surface area contributed by atoms with E-state index in [0.717, 1.165) is 5.56 Å². The van der Waals surface area contributed by atoms with E-state index < -0.39 is 29.3 Å². The maximum atomic E-state index is 12.5. The van der Waals surface area contributed by atoms with Gasteiger partial charge in [-0.05, 0) is 65.7 Å². The number of carbonyl (C=O) groups is 3. The summed E-state index contributed by atoms with van der Waals surface area (Å²) in [6.45, 7) is 10.3. The molecule has 0 saturated carbocycles. The fraction of sp³-hybridized carbons (Fsp3) is 0.571. The van der Waals surface area contributed by atoms with Crippen molar-refractivity contribution < 1.29 is 23.9 Å². The maximum Gasteiger partial charge on any atom is 0.408 e. The molecular weight excluding hydrogens is 396 g/mol. The smallest absolute Gasteiger partial charge is 0.408 e. The molecule has 162 valence electrons. The van der Waals surface area contributed by atoms with Gasteiger partial charge in [-0.2, -0.15) is 0 Å². The Morgan fingerprint density at radius 3 is 2.00 bits per heavy atom. The van der Waals surface area contributed by atoms with Crippen LogP contribution < -0.4 is 10.6 Å². The Hall–Kier alpha value is -2.28. The molecule has 1 aromatic rings. The molecule has 2 N–H and O–H groups in total. The van der Waals surface area contributed by atoms with Gasteiger partial charge in [-0.25, -0.2) is 9.59 Å². The van der Waals surface area contributed by atoms with Crippen LogP contribution in [0.25, 0.3) is 0 Å². The Morgan fingerprint density at radius 2 is 1.52 bits per heavy atom. The minimum absolute atomic E-state index is 0.0109. The number of nitrogens with one attached hydrogen (secondary N) is 2. The van der Waals surface area contributed by atoms with E-state index in [1.807, 2.05) is 12.1 Å². The summed E-state index contributed by atoms with van der Waals surface area (Å²) in [7, 11) is 0. The van der Waals surface area contributed by atoms with E-state index >= 15 is 0 Å². The van der Waals surface area contributed by atoms with Gasteiger partial charge in [0.25, 0.3) is 0 Å². The van der Waals surface area contributed by atoms with Crippen molar-refractivity contribution in [2.24, 2.45) is 0 Å². The van der Waals surface area contributed by atoms with Crippen LogP contribution in [0.15, 0.2) is 24.3 Å². The largest absolute Gasteiger partial charge is 0.458 e. The number of esters is 1. The van der Waals surface area contributed by atoms with Gasteiger partial charge in [-0.3, -0.25) is 4.79 Å². The Bertz CT molecular complexity index is 705. The number of rotatable bonds is 7. The molecule has 2 amide bonds. The van der Waals surface area contributed by atoms with Crippen molar-refractivity contribution in [3.05, 3.63) is 29.8 Å². The summed E-state index contributed by atoms with van der Waals surface area (Å²) in [5.41, 5.74) is 0.126. The third-order valence-corrected chi connectivity index (χ3v) is 3.74. The van der Waals surface area contributed by atoms with Gasteiger partial charge in [0.15, 0.2) is 0 Å². The molecule has 0 bridgehead atoms. The number of ether oxygens (including phenoxy) is 2. The van der Waals surface area contributed by atoms with E-state index in [4.69, 9.17) is 21.1 Å². The lowest BCUT2D eigenvalue weighted by Gasteiger charge is -2.26. The van der Waals surface area contributed by atoms with E-state index in [0.29, 0.717) is 11.6 Å². The lowest BCUT2D eigenvalue weighted by molar-refractivity contribution is -0.157. The van der Waals surface area contributed by atoms with Crippen LogP contribution in [0.5, 0.6) is 0 Å². The first-order valence-corrected chi connectivity index (χ1v) is 9.99. The fourth-order valence-electron chi connectivity index (χ4n) is 2.25.